The van der Waals surface area contributed by atoms with Crippen LogP contribution in [0.1, 0.15) is 32.2 Å². The molecule has 0 unspecified atom stereocenters. The van der Waals surface area contributed by atoms with Gasteiger partial charge in [0.25, 0.3) is 0 Å². The molecule has 1 aromatic carbocycles. The predicted molar refractivity (Wildman–Crippen MR) is 157 cm³/mol. The summed E-state index contributed by atoms with van der Waals surface area (Å²) >= 11 is 1.41. The molecule has 12 heteroatoms. The predicted octanol–water partition coefficient (Wildman–Crippen LogP) is 3.78. The molecule has 2 amide bonds. The molecular formula is C29H33N7O4S. The SMILES string of the molecule is CCNC(=O)Nc1nc2cc(-c3cnc(C4(O)COC4)nc3)cc(-c3cc(CN4C[C@@H](C)O[C@@H](C)C4)ccn3)c2s1. The van der Waals surface area contributed by atoms with Crippen molar-refractivity contribution in [2.45, 2.75) is 45.1 Å². The maximum absolute atomic E-state index is 12.2. The van der Waals surface area contributed by atoms with Crippen LogP contribution >= 0.6 is 11.3 Å². The molecule has 3 N–H and O–H groups in total. The minimum atomic E-state index is -1.14. The second-order valence-corrected chi connectivity index (χ2v) is 11.7. The Balaban J connectivity index is 1.37. The summed E-state index contributed by atoms with van der Waals surface area (Å²) in [5.74, 6) is 0.344. The van der Waals surface area contributed by atoms with Crippen LogP contribution in [0.3, 0.4) is 0 Å². The van der Waals surface area contributed by atoms with Crippen LogP contribution in [0.15, 0.2) is 42.9 Å². The van der Waals surface area contributed by atoms with E-state index in [0.29, 0.717) is 17.5 Å². The van der Waals surface area contributed by atoms with Gasteiger partial charge in [-0.1, -0.05) is 11.3 Å². The fourth-order valence-corrected chi connectivity index (χ4v) is 6.24. The zero-order valence-corrected chi connectivity index (χ0v) is 24.1. The number of carbonyl (C=O) groups is 1. The van der Waals surface area contributed by atoms with E-state index in [-0.39, 0.29) is 31.5 Å². The van der Waals surface area contributed by atoms with Crippen molar-refractivity contribution in [1.29, 1.82) is 0 Å². The van der Waals surface area contributed by atoms with E-state index in [0.717, 1.165) is 57.8 Å². The van der Waals surface area contributed by atoms with Crippen molar-refractivity contribution in [3.8, 4) is 22.4 Å². The molecule has 6 rings (SSSR count). The Hall–Kier alpha value is -3.55. The lowest BCUT2D eigenvalue weighted by Gasteiger charge is -2.35. The largest absolute Gasteiger partial charge is 0.377 e. The molecule has 0 aliphatic carbocycles. The van der Waals surface area contributed by atoms with Crippen LogP contribution in [-0.4, -0.2) is 81.0 Å². The molecule has 2 aliphatic heterocycles. The molecule has 3 aromatic heterocycles. The molecule has 4 aromatic rings. The van der Waals surface area contributed by atoms with E-state index in [2.05, 4.69) is 51.5 Å². The topological polar surface area (TPSA) is 135 Å². The van der Waals surface area contributed by atoms with E-state index < -0.39 is 5.60 Å². The maximum atomic E-state index is 12.2. The summed E-state index contributed by atoms with van der Waals surface area (Å²) in [6.45, 7) is 9.52. The summed E-state index contributed by atoms with van der Waals surface area (Å²) < 4.78 is 12.0. The van der Waals surface area contributed by atoms with Gasteiger partial charge in [-0.25, -0.2) is 19.7 Å². The number of morpholine rings is 1. The molecule has 0 spiro atoms. The van der Waals surface area contributed by atoms with Crippen LogP contribution in [0, 0.1) is 0 Å². The summed E-state index contributed by atoms with van der Waals surface area (Å²) in [6.07, 6.45) is 5.62. The van der Waals surface area contributed by atoms with Crippen LogP contribution in [0.5, 0.6) is 0 Å². The number of hydrogen-bond acceptors (Lipinski definition) is 10. The number of carbonyl (C=O) groups excluding carboxylic acids is 1. The second-order valence-electron chi connectivity index (χ2n) is 10.7. The quantitative estimate of drug-likeness (QED) is 0.301. The van der Waals surface area contributed by atoms with Crippen LogP contribution in [0.25, 0.3) is 32.6 Å². The van der Waals surface area contributed by atoms with Gasteiger partial charge in [-0.3, -0.25) is 15.2 Å². The highest BCUT2D eigenvalue weighted by molar-refractivity contribution is 7.22. The Morgan fingerprint density at radius 3 is 2.56 bits per heavy atom. The molecule has 2 aliphatic rings. The van der Waals surface area contributed by atoms with E-state index in [4.69, 9.17) is 19.4 Å². The number of benzene rings is 1. The van der Waals surface area contributed by atoms with E-state index in [9.17, 15) is 9.90 Å². The maximum Gasteiger partial charge on any atom is 0.321 e. The lowest BCUT2D eigenvalue weighted by atomic mass is 10.00. The van der Waals surface area contributed by atoms with Gasteiger partial charge in [0.1, 0.15) is 0 Å². The molecule has 2 fully saturated rings. The third-order valence-corrected chi connectivity index (χ3v) is 8.15. The molecule has 41 heavy (non-hydrogen) atoms. The van der Waals surface area contributed by atoms with E-state index in [1.807, 2.05) is 25.3 Å². The number of fused-ring (bicyclic) bond motifs is 1. The van der Waals surface area contributed by atoms with Gasteiger partial charge in [0, 0.05) is 55.9 Å². The normalized spacial score (nSPS) is 20.5. The zero-order chi connectivity index (χ0) is 28.6. The van der Waals surface area contributed by atoms with Gasteiger partial charge in [0.05, 0.1) is 41.3 Å². The van der Waals surface area contributed by atoms with Gasteiger partial charge in [-0.15, -0.1) is 0 Å². The lowest BCUT2D eigenvalue weighted by molar-refractivity contribution is -0.189. The summed E-state index contributed by atoms with van der Waals surface area (Å²) in [6, 6.07) is 7.88. The summed E-state index contributed by atoms with van der Waals surface area (Å²) in [5, 5.41) is 16.6. The van der Waals surface area contributed by atoms with Crippen molar-refractivity contribution in [3.63, 3.8) is 0 Å². The van der Waals surface area contributed by atoms with Crippen molar-refractivity contribution in [3.05, 3.63) is 54.2 Å². The smallest absolute Gasteiger partial charge is 0.321 e. The Kier molecular flexibility index (Phi) is 7.66. The molecule has 11 nitrogen and oxygen atoms in total. The highest BCUT2D eigenvalue weighted by Gasteiger charge is 2.40. The molecule has 2 saturated heterocycles. The van der Waals surface area contributed by atoms with Crippen molar-refractivity contribution in [1.82, 2.24) is 30.2 Å². The number of pyridine rings is 1. The standard InChI is InChI=1S/C29H33N7O4S/c1-4-30-27(37)35-28-34-24-9-20(21-10-32-26(33-11-21)29(38)15-39-16-29)8-22(25(24)41-28)23-7-19(5-6-31-23)14-36-12-17(2)40-18(3)13-36/h5-11,17-18,38H,4,12-16H2,1-3H3,(H2,30,34,35,37)/t17-,18+. The number of aliphatic hydroxyl groups is 1. The molecule has 5 heterocycles. The van der Waals surface area contributed by atoms with Crippen LogP contribution in [-0.2, 0) is 21.6 Å². The Morgan fingerprint density at radius 1 is 1.12 bits per heavy atom. The average Bonchev–Trinajstić information content (AvgIpc) is 3.33. The minimum absolute atomic E-state index is 0.187. The first-order chi connectivity index (χ1) is 19.8. The molecule has 0 saturated carbocycles. The third-order valence-electron chi connectivity index (χ3n) is 7.13. The van der Waals surface area contributed by atoms with Crippen molar-refractivity contribution in [2.75, 3.05) is 38.2 Å². The fourth-order valence-electron chi connectivity index (χ4n) is 5.28. The van der Waals surface area contributed by atoms with Gasteiger partial charge >= 0.3 is 6.03 Å². The molecule has 214 valence electrons. The molecular weight excluding hydrogens is 542 g/mol. The first kappa shape index (κ1) is 27.6. The molecule has 0 bridgehead atoms. The van der Waals surface area contributed by atoms with Crippen molar-refractivity contribution >= 4 is 32.7 Å². The van der Waals surface area contributed by atoms with Gasteiger partial charge in [0.2, 0.25) is 0 Å². The number of hydrogen-bond donors (Lipinski definition) is 3. The monoisotopic (exact) mass is 575 g/mol. The number of urea groups is 1. The van der Waals surface area contributed by atoms with Gasteiger partial charge in [-0.05, 0) is 56.2 Å². The minimum Gasteiger partial charge on any atom is -0.377 e. The Bertz CT molecular complexity index is 1550. The van der Waals surface area contributed by atoms with E-state index in [1.54, 1.807) is 12.4 Å². The zero-order valence-electron chi connectivity index (χ0n) is 23.3. The first-order valence-electron chi connectivity index (χ1n) is 13.7. The van der Waals surface area contributed by atoms with Gasteiger partial charge in [0.15, 0.2) is 16.6 Å². The molecule has 2 atom stereocenters. The van der Waals surface area contributed by atoms with Crippen LogP contribution in [0.2, 0.25) is 0 Å². The number of anilines is 1. The first-order valence-corrected chi connectivity index (χ1v) is 14.6. The highest BCUT2D eigenvalue weighted by atomic mass is 32.1. The van der Waals surface area contributed by atoms with Gasteiger partial charge < -0.3 is 19.9 Å². The van der Waals surface area contributed by atoms with E-state index in [1.165, 1.54) is 11.3 Å². The van der Waals surface area contributed by atoms with Crippen LogP contribution in [0.4, 0.5) is 9.93 Å². The Morgan fingerprint density at radius 2 is 1.88 bits per heavy atom. The second kappa shape index (κ2) is 11.4. The molecule has 0 radical (unpaired) electrons. The fraction of sp³-hybridized carbons (Fsp3) is 0.414. The summed E-state index contributed by atoms with van der Waals surface area (Å²) in [7, 11) is 0. The lowest BCUT2D eigenvalue weighted by Crippen LogP contribution is -2.47. The summed E-state index contributed by atoms with van der Waals surface area (Å²) in [5.41, 5.74) is 4.10. The number of nitrogens with one attached hydrogen (secondary N) is 2. The number of rotatable bonds is 7. The summed E-state index contributed by atoms with van der Waals surface area (Å²) in [4.78, 5) is 33.0. The Labute approximate surface area is 242 Å². The number of aromatic nitrogens is 4. The van der Waals surface area contributed by atoms with Crippen molar-refractivity contribution in [2.24, 2.45) is 0 Å². The van der Waals surface area contributed by atoms with E-state index >= 15 is 0 Å². The number of thiazole rings is 1. The average molecular weight is 576 g/mol. The van der Waals surface area contributed by atoms with Crippen LogP contribution < -0.4 is 10.6 Å². The van der Waals surface area contributed by atoms with Gasteiger partial charge in [-0.2, -0.15) is 0 Å². The number of ether oxygens (including phenoxy) is 2. The number of amides is 2. The third kappa shape index (κ3) is 5.92. The number of nitrogens with zero attached hydrogens (tertiary/aromatic N) is 5. The van der Waals surface area contributed by atoms with Crippen molar-refractivity contribution < 1.29 is 19.4 Å². The highest BCUT2D eigenvalue weighted by Crippen LogP contribution is 2.38.